The number of hydrogen-bond acceptors (Lipinski definition) is 3. The summed E-state index contributed by atoms with van der Waals surface area (Å²) in [5, 5.41) is 5.77. The topological polar surface area (TPSA) is 71.1 Å². The van der Waals surface area contributed by atoms with E-state index in [1.54, 1.807) is 13.0 Å². The largest absolute Gasteiger partial charge is 0.322 e. The predicted molar refractivity (Wildman–Crippen MR) is 123 cm³/mol. The first-order valence-corrected chi connectivity index (χ1v) is 9.91. The molecule has 31 heavy (non-hydrogen) atoms. The molecule has 0 radical (unpaired) electrons. The highest BCUT2D eigenvalue weighted by Crippen LogP contribution is 2.28. The number of carbonyl (C=O) groups is 2. The summed E-state index contributed by atoms with van der Waals surface area (Å²) < 4.78 is 0. The van der Waals surface area contributed by atoms with E-state index in [-0.39, 0.29) is 17.5 Å². The Morgan fingerprint density at radius 3 is 1.71 bits per heavy atom. The van der Waals surface area contributed by atoms with Gasteiger partial charge in [0.2, 0.25) is 0 Å². The van der Waals surface area contributed by atoms with E-state index in [0.717, 1.165) is 5.56 Å². The molecule has 5 nitrogen and oxygen atoms in total. The third kappa shape index (κ3) is 4.67. The summed E-state index contributed by atoms with van der Waals surface area (Å²) in [5.41, 5.74) is 4.02. The fourth-order valence-corrected chi connectivity index (χ4v) is 3.35. The number of anilines is 2. The lowest BCUT2D eigenvalue weighted by Gasteiger charge is -2.15. The number of nitrogens with zero attached hydrogens (tertiary/aromatic N) is 1. The number of aromatic nitrogens is 1. The van der Waals surface area contributed by atoms with E-state index in [9.17, 15) is 9.59 Å². The molecule has 0 aliphatic rings. The van der Waals surface area contributed by atoms with Gasteiger partial charge in [0.25, 0.3) is 11.8 Å². The minimum absolute atomic E-state index is 0.247. The Kier molecular flexibility index (Phi) is 5.85. The summed E-state index contributed by atoms with van der Waals surface area (Å²) in [4.78, 5) is 30.4. The maximum absolute atomic E-state index is 13.1. The van der Waals surface area contributed by atoms with Gasteiger partial charge < -0.3 is 10.6 Å². The van der Waals surface area contributed by atoms with E-state index in [1.165, 1.54) is 0 Å². The summed E-state index contributed by atoms with van der Waals surface area (Å²) in [6.45, 7) is 1.74. The highest BCUT2D eigenvalue weighted by atomic mass is 16.2. The standard InChI is InChI=1S/C26H21N3O2/c1-18-24(26(31)29-21-15-9-4-10-16-21)22(19-11-5-2-6-12-19)17-23(27-18)25(30)28-20-13-7-3-8-14-20/h2-17H,1H3,(H,28,30)(H,29,31). The molecule has 0 saturated carbocycles. The van der Waals surface area contributed by atoms with Crippen molar-refractivity contribution in [1.82, 2.24) is 4.98 Å². The van der Waals surface area contributed by atoms with Gasteiger partial charge in [-0.15, -0.1) is 0 Å². The molecule has 0 aliphatic carbocycles. The molecule has 0 saturated heterocycles. The van der Waals surface area contributed by atoms with Crippen molar-refractivity contribution >= 4 is 23.2 Å². The van der Waals surface area contributed by atoms with Gasteiger partial charge >= 0.3 is 0 Å². The maximum Gasteiger partial charge on any atom is 0.274 e. The van der Waals surface area contributed by atoms with Crippen LogP contribution in [0.5, 0.6) is 0 Å². The van der Waals surface area contributed by atoms with Crippen LogP contribution >= 0.6 is 0 Å². The second-order valence-electron chi connectivity index (χ2n) is 7.02. The molecule has 0 aliphatic heterocycles. The molecule has 152 valence electrons. The van der Waals surface area contributed by atoms with Crippen LogP contribution in [0.1, 0.15) is 26.5 Å². The first-order chi connectivity index (χ1) is 15.1. The van der Waals surface area contributed by atoms with Crippen molar-refractivity contribution in [3.8, 4) is 11.1 Å². The number of carbonyl (C=O) groups excluding carboxylic acids is 2. The van der Waals surface area contributed by atoms with Gasteiger partial charge in [-0.25, -0.2) is 4.98 Å². The van der Waals surface area contributed by atoms with Crippen LogP contribution in [0.15, 0.2) is 97.1 Å². The fraction of sp³-hybridized carbons (Fsp3) is 0.0385. The average Bonchev–Trinajstić information content (AvgIpc) is 2.80. The van der Waals surface area contributed by atoms with Gasteiger partial charge in [0.05, 0.1) is 11.3 Å². The molecule has 3 aromatic carbocycles. The van der Waals surface area contributed by atoms with E-state index in [4.69, 9.17) is 0 Å². The fourth-order valence-electron chi connectivity index (χ4n) is 3.35. The number of rotatable bonds is 5. The molecule has 4 aromatic rings. The lowest BCUT2D eigenvalue weighted by atomic mass is 9.97. The summed E-state index contributed by atoms with van der Waals surface area (Å²) in [5.74, 6) is -0.605. The minimum atomic E-state index is -0.332. The number of nitrogens with one attached hydrogen (secondary N) is 2. The van der Waals surface area contributed by atoms with Crippen LogP contribution in [-0.4, -0.2) is 16.8 Å². The Labute approximate surface area is 180 Å². The third-order valence-corrected chi connectivity index (χ3v) is 4.81. The van der Waals surface area contributed by atoms with Gasteiger partial charge in [-0.05, 0) is 48.4 Å². The van der Waals surface area contributed by atoms with Crippen LogP contribution in [-0.2, 0) is 0 Å². The van der Waals surface area contributed by atoms with E-state index in [0.29, 0.717) is 28.2 Å². The summed E-state index contributed by atoms with van der Waals surface area (Å²) in [6.07, 6.45) is 0. The van der Waals surface area contributed by atoms with E-state index in [1.807, 2.05) is 91.0 Å². The molecular weight excluding hydrogens is 386 g/mol. The van der Waals surface area contributed by atoms with Crippen LogP contribution in [0, 0.1) is 6.92 Å². The number of benzene rings is 3. The van der Waals surface area contributed by atoms with Crippen molar-refractivity contribution in [3.63, 3.8) is 0 Å². The van der Waals surface area contributed by atoms with E-state index >= 15 is 0 Å². The van der Waals surface area contributed by atoms with E-state index in [2.05, 4.69) is 15.6 Å². The molecule has 4 rings (SSSR count). The Bertz CT molecular complexity index is 1210. The SMILES string of the molecule is Cc1nc(C(=O)Nc2ccccc2)cc(-c2ccccc2)c1C(=O)Nc1ccccc1. The smallest absolute Gasteiger partial charge is 0.274 e. The van der Waals surface area contributed by atoms with Crippen molar-refractivity contribution in [2.45, 2.75) is 6.92 Å². The van der Waals surface area contributed by atoms with Crippen molar-refractivity contribution in [3.05, 3.63) is 114 Å². The van der Waals surface area contributed by atoms with Gasteiger partial charge in [0.1, 0.15) is 5.69 Å². The van der Waals surface area contributed by atoms with Crippen molar-refractivity contribution in [1.29, 1.82) is 0 Å². The van der Waals surface area contributed by atoms with Crippen molar-refractivity contribution in [2.24, 2.45) is 0 Å². The number of aryl methyl sites for hydroxylation is 1. The molecule has 0 fully saturated rings. The van der Waals surface area contributed by atoms with Crippen LogP contribution in [0.25, 0.3) is 11.1 Å². The molecule has 0 bridgehead atoms. The van der Waals surface area contributed by atoms with Gasteiger partial charge in [-0.2, -0.15) is 0 Å². The Hall–Kier alpha value is -4.25. The van der Waals surface area contributed by atoms with Gasteiger partial charge in [0.15, 0.2) is 0 Å². The van der Waals surface area contributed by atoms with Crippen molar-refractivity contribution < 1.29 is 9.59 Å². The highest BCUT2D eigenvalue weighted by Gasteiger charge is 2.21. The molecule has 5 heteroatoms. The second kappa shape index (κ2) is 9.05. The quantitative estimate of drug-likeness (QED) is 0.455. The zero-order valence-corrected chi connectivity index (χ0v) is 17.0. The zero-order chi connectivity index (χ0) is 21.6. The van der Waals surface area contributed by atoms with Gasteiger partial charge in [-0.1, -0.05) is 66.7 Å². The molecule has 0 atom stereocenters. The lowest BCUT2D eigenvalue weighted by molar-refractivity contribution is 0.101. The Morgan fingerprint density at radius 1 is 0.677 bits per heavy atom. The third-order valence-electron chi connectivity index (χ3n) is 4.81. The highest BCUT2D eigenvalue weighted by molar-refractivity contribution is 6.11. The van der Waals surface area contributed by atoms with Crippen LogP contribution in [0.2, 0.25) is 0 Å². The first-order valence-electron chi connectivity index (χ1n) is 9.91. The summed E-state index contributed by atoms with van der Waals surface area (Å²) in [6, 6.07) is 29.6. The van der Waals surface area contributed by atoms with Crippen molar-refractivity contribution in [2.75, 3.05) is 10.6 Å². The average molecular weight is 407 g/mol. The molecule has 0 unspecified atom stereocenters. The minimum Gasteiger partial charge on any atom is -0.322 e. The zero-order valence-electron chi connectivity index (χ0n) is 17.0. The molecule has 1 heterocycles. The number of para-hydroxylation sites is 2. The summed E-state index contributed by atoms with van der Waals surface area (Å²) >= 11 is 0. The van der Waals surface area contributed by atoms with E-state index < -0.39 is 0 Å². The van der Waals surface area contributed by atoms with Gasteiger partial charge in [0, 0.05) is 11.4 Å². The second-order valence-corrected chi connectivity index (χ2v) is 7.02. The van der Waals surface area contributed by atoms with Crippen LogP contribution < -0.4 is 10.6 Å². The lowest BCUT2D eigenvalue weighted by Crippen LogP contribution is -2.19. The molecule has 2 N–H and O–H groups in total. The number of amides is 2. The maximum atomic E-state index is 13.1. The molecule has 0 spiro atoms. The van der Waals surface area contributed by atoms with Crippen LogP contribution in [0.3, 0.4) is 0 Å². The van der Waals surface area contributed by atoms with Gasteiger partial charge in [-0.3, -0.25) is 9.59 Å². The molecular formula is C26H21N3O2. The van der Waals surface area contributed by atoms with Crippen LogP contribution in [0.4, 0.5) is 11.4 Å². The normalized spacial score (nSPS) is 10.4. The monoisotopic (exact) mass is 407 g/mol. The summed E-state index contributed by atoms with van der Waals surface area (Å²) in [7, 11) is 0. The first kappa shape index (κ1) is 20.0. The predicted octanol–water partition coefficient (Wildman–Crippen LogP) is 5.56. The number of hydrogen-bond donors (Lipinski definition) is 2. The molecule has 1 aromatic heterocycles. The number of pyridine rings is 1. The molecule has 2 amide bonds. The Morgan fingerprint density at radius 2 is 1.16 bits per heavy atom. The Balaban J connectivity index is 1.74.